The molecule has 1 spiro atoms. The van der Waals surface area contributed by atoms with Crippen molar-refractivity contribution in [1.29, 1.82) is 0 Å². The van der Waals surface area contributed by atoms with Crippen LogP contribution in [0.25, 0.3) is 33.6 Å². The Labute approximate surface area is 275 Å². The van der Waals surface area contributed by atoms with Gasteiger partial charge in [-0.05, 0) is 30.7 Å². The number of ether oxygens (including phenoxy) is 4. The lowest BCUT2D eigenvalue weighted by Gasteiger charge is -2.24. The number of hydrogen-bond acceptors (Lipinski definition) is 10. The molecule has 236 valence electrons. The highest BCUT2D eigenvalue weighted by Crippen LogP contribution is 2.51. The maximum Gasteiger partial charge on any atom is 0.354 e. The highest BCUT2D eigenvalue weighted by atomic mass is 16.7. The molecule has 0 bridgehead atoms. The highest BCUT2D eigenvalue weighted by Gasteiger charge is 2.65. The number of para-hydroxylation sites is 3. The molecule has 0 radical (unpaired) electrons. The van der Waals surface area contributed by atoms with Crippen molar-refractivity contribution < 1.29 is 33.3 Å². The van der Waals surface area contributed by atoms with Crippen LogP contribution in [0.5, 0.6) is 0 Å². The van der Waals surface area contributed by atoms with E-state index in [1.807, 2.05) is 73.7 Å². The summed E-state index contributed by atoms with van der Waals surface area (Å²) in [5.74, 6) is -5.61. The fourth-order valence-electron chi connectivity index (χ4n) is 5.74. The van der Waals surface area contributed by atoms with E-state index in [0.717, 1.165) is 19.8 Å². The molecule has 0 fully saturated rings. The average Bonchev–Trinajstić information content (AvgIpc) is 3.61. The van der Waals surface area contributed by atoms with Crippen LogP contribution in [-0.4, -0.2) is 53.6 Å². The molecule has 0 N–H and O–H groups in total. The Morgan fingerprint density at radius 2 is 1.25 bits per heavy atom. The number of hydrogen-bond donors (Lipinski definition) is 0. The van der Waals surface area contributed by atoms with Gasteiger partial charge < -0.3 is 18.9 Å². The first-order valence-electron chi connectivity index (χ1n) is 15.0. The molecule has 1 unspecified atom stereocenters. The number of Topliss-reactive ketones (excluding diaryl/α,β-unsaturated/α-hetero) is 1. The number of methoxy groups -OCH3 is 2. The third kappa shape index (κ3) is 4.91. The molecule has 0 aliphatic carbocycles. The molecule has 3 heterocycles. The number of nitrogens with zero attached hydrogens (tertiary/aromatic N) is 3. The van der Waals surface area contributed by atoms with E-state index in [-0.39, 0.29) is 22.9 Å². The number of carbonyl (C=O) groups excluding carboxylic acids is 3. The van der Waals surface area contributed by atoms with E-state index in [9.17, 15) is 9.59 Å². The van der Waals surface area contributed by atoms with Crippen LogP contribution < -0.4 is 0 Å². The summed E-state index contributed by atoms with van der Waals surface area (Å²) in [7, 11) is 2.27. The van der Waals surface area contributed by atoms with E-state index in [2.05, 4.69) is 4.99 Å². The molecule has 4 aromatic carbocycles. The second kappa shape index (κ2) is 12.1. The fourth-order valence-corrected chi connectivity index (χ4v) is 5.74. The fraction of sp³-hybridized carbons (Fsp3) is 0.105. The summed E-state index contributed by atoms with van der Waals surface area (Å²) in [6, 6.07) is 32.5. The maximum absolute atomic E-state index is 15.2. The molecular formula is C38H27N3O7. The first-order valence-corrected chi connectivity index (χ1v) is 15.0. The molecule has 2 aliphatic heterocycles. The quantitative estimate of drug-likeness (QED) is 0.201. The van der Waals surface area contributed by atoms with Gasteiger partial charge in [0.2, 0.25) is 5.90 Å². The van der Waals surface area contributed by atoms with Crippen molar-refractivity contribution in [2.45, 2.75) is 12.7 Å². The standard InChI is InChI=1S/C38H27N3O7/c1-22-14-10-11-19-25(22)41-35-28(36(43)45-2)30(37(44)46-3)38(48-35)34(42)29(33(47-38)24-17-8-5-9-18-24)32-31(23-15-6-4-7-16-23)39-26-20-12-13-21-27(26)40-32/h4-21H,1-3H3. The van der Waals surface area contributed by atoms with Crippen LogP contribution in [0.1, 0.15) is 16.8 Å². The number of aromatic nitrogens is 2. The van der Waals surface area contributed by atoms with E-state index < -0.39 is 34.7 Å². The summed E-state index contributed by atoms with van der Waals surface area (Å²) >= 11 is 0. The Morgan fingerprint density at radius 1 is 0.688 bits per heavy atom. The first kappa shape index (κ1) is 30.2. The van der Waals surface area contributed by atoms with Crippen molar-refractivity contribution in [3.05, 3.63) is 137 Å². The van der Waals surface area contributed by atoms with Crippen LogP contribution in [0.4, 0.5) is 5.69 Å². The minimum absolute atomic E-state index is 0.0129. The minimum Gasteiger partial charge on any atom is -0.465 e. The van der Waals surface area contributed by atoms with Crippen LogP contribution in [0, 0.1) is 6.92 Å². The number of benzene rings is 4. The summed E-state index contributed by atoms with van der Waals surface area (Å²) in [6.07, 6.45) is 0. The van der Waals surface area contributed by atoms with Gasteiger partial charge in [0.15, 0.2) is 0 Å². The second-order valence-corrected chi connectivity index (χ2v) is 10.9. The van der Waals surface area contributed by atoms with Gasteiger partial charge in [-0.15, -0.1) is 0 Å². The molecule has 1 aromatic heterocycles. The normalized spacial score (nSPS) is 18.0. The molecule has 10 heteroatoms. The molecule has 0 saturated carbocycles. The van der Waals surface area contributed by atoms with Crippen molar-refractivity contribution in [1.82, 2.24) is 9.97 Å². The van der Waals surface area contributed by atoms with Gasteiger partial charge in [0.25, 0.3) is 5.78 Å². The lowest BCUT2D eigenvalue weighted by atomic mass is 9.92. The van der Waals surface area contributed by atoms with Crippen molar-refractivity contribution in [3.63, 3.8) is 0 Å². The van der Waals surface area contributed by atoms with Gasteiger partial charge >= 0.3 is 17.7 Å². The van der Waals surface area contributed by atoms with Crippen LogP contribution in [-0.2, 0) is 33.3 Å². The van der Waals surface area contributed by atoms with Crippen LogP contribution in [0.3, 0.4) is 0 Å². The van der Waals surface area contributed by atoms with Crippen molar-refractivity contribution >= 4 is 51.7 Å². The van der Waals surface area contributed by atoms with Crippen LogP contribution in [0.15, 0.2) is 125 Å². The first-order chi connectivity index (χ1) is 23.4. The van der Waals surface area contributed by atoms with Gasteiger partial charge in [-0.3, -0.25) is 4.79 Å². The molecule has 0 saturated heterocycles. The predicted molar refractivity (Wildman–Crippen MR) is 177 cm³/mol. The third-order valence-electron chi connectivity index (χ3n) is 8.04. The second-order valence-electron chi connectivity index (χ2n) is 10.9. The Hall–Kier alpha value is -6.42. The summed E-state index contributed by atoms with van der Waals surface area (Å²) in [5, 5.41) is 0. The number of fused-ring (bicyclic) bond motifs is 1. The molecule has 5 aromatic rings. The van der Waals surface area contributed by atoms with Gasteiger partial charge in [0, 0.05) is 11.1 Å². The summed E-state index contributed by atoms with van der Waals surface area (Å²) in [6.45, 7) is 1.82. The topological polar surface area (TPSA) is 126 Å². The van der Waals surface area contributed by atoms with Gasteiger partial charge in [0.05, 0.1) is 42.2 Å². The number of esters is 2. The van der Waals surface area contributed by atoms with Crippen molar-refractivity contribution in [3.8, 4) is 11.3 Å². The highest BCUT2D eigenvalue weighted by molar-refractivity contribution is 6.38. The number of carbonyl (C=O) groups is 3. The zero-order valence-corrected chi connectivity index (χ0v) is 26.1. The van der Waals surface area contributed by atoms with E-state index in [1.54, 1.807) is 42.5 Å². The molecule has 7 rings (SSSR count). The number of aliphatic imine (C=N–C) groups is 1. The molecule has 10 nitrogen and oxygen atoms in total. The molecule has 2 aliphatic rings. The Morgan fingerprint density at radius 3 is 1.88 bits per heavy atom. The molecular weight excluding hydrogens is 610 g/mol. The number of aryl methyl sites for hydroxylation is 1. The smallest absolute Gasteiger partial charge is 0.354 e. The lowest BCUT2D eigenvalue weighted by molar-refractivity contribution is -0.158. The van der Waals surface area contributed by atoms with Crippen molar-refractivity contribution in [2.24, 2.45) is 4.99 Å². The van der Waals surface area contributed by atoms with E-state index in [4.69, 9.17) is 28.9 Å². The minimum atomic E-state index is -2.51. The summed E-state index contributed by atoms with van der Waals surface area (Å²) < 4.78 is 23.0. The van der Waals surface area contributed by atoms with Gasteiger partial charge in [-0.25, -0.2) is 24.5 Å². The van der Waals surface area contributed by atoms with Gasteiger partial charge in [0.1, 0.15) is 22.6 Å². The van der Waals surface area contributed by atoms with E-state index in [1.165, 1.54) is 0 Å². The number of ketones is 1. The van der Waals surface area contributed by atoms with Crippen LogP contribution >= 0.6 is 0 Å². The van der Waals surface area contributed by atoms with Crippen LogP contribution in [0.2, 0.25) is 0 Å². The SMILES string of the molecule is COC(=O)C1=C(C(=O)OC)C2(OC1=Nc1ccccc1C)OC(c1ccccc1)=C(c1nc3ccccc3nc1-c1ccccc1)C2=O. The average molecular weight is 638 g/mol. The monoisotopic (exact) mass is 637 g/mol. The van der Waals surface area contributed by atoms with E-state index in [0.29, 0.717) is 33.5 Å². The predicted octanol–water partition coefficient (Wildman–Crippen LogP) is 6.17. The third-order valence-corrected chi connectivity index (χ3v) is 8.04. The molecule has 1 atom stereocenters. The van der Waals surface area contributed by atoms with E-state index >= 15 is 4.79 Å². The largest absolute Gasteiger partial charge is 0.465 e. The molecule has 48 heavy (non-hydrogen) atoms. The Bertz CT molecular complexity index is 2230. The zero-order valence-electron chi connectivity index (χ0n) is 26.1. The van der Waals surface area contributed by atoms with Crippen molar-refractivity contribution in [2.75, 3.05) is 14.2 Å². The maximum atomic E-state index is 15.2. The number of rotatable bonds is 6. The van der Waals surface area contributed by atoms with Gasteiger partial charge in [-0.1, -0.05) is 91.0 Å². The lowest BCUT2D eigenvalue weighted by Crippen LogP contribution is -2.43. The zero-order chi connectivity index (χ0) is 33.4. The molecule has 0 amide bonds. The van der Waals surface area contributed by atoms with Gasteiger partial charge in [-0.2, -0.15) is 0 Å². The summed E-state index contributed by atoms with van der Waals surface area (Å²) in [5.41, 5.74) is 3.16. The Balaban J connectivity index is 1.53. The summed E-state index contributed by atoms with van der Waals surface area (Å²) in [4.78, 5) is 56.7. The Kier molecular flexibility index (Phi) is 7.60.